The van der Waals surface area contributed by atoms with Gasteiger partial charge in [0.1, 0.15) is 6.10 Å². The number of carbonyl (C=O) groups excluding carboxylic acids is 1. The Labute approximate surface area is 91.4 Å². The number of likely N-dealkylation sites (N-methyl/N-ethyl adjacent to an activating group) is 1. The van der Waals surface area contributed by atoms with Crippen LogP contribution in [0.2, 0.25) is 0 Å². The van der Waals surface area contributed by atoms with Gasteiger partial charge in [-0.1, -0.05) is 0 Å². The second-order valence-corrected chi connectivity index (χ2v) is 3.61. The van der Waals surface area contributed by atoms with E-state index in [1.165, 1.54) is 0 Å². The van der Waals surface area contributed by atoms with Crippen LogP contribution in [0.4, 0.5) is 0 Å². The first-order chi connectivity index (χ1) is 6.13. The molecular formula is C9H19ClN2O2. The molecule has 0 aromatic heterocycles. The van der Waals surface area contributed by atoms with Crippen LogP contribution in [-0.4, -0.2) is 49.7 Å². The molecule has 14 heavy (non-hydrogen) atoms. The van der Waals surface area contributed by atoms with Gasteiger partial charge in [0.15, 0.2) is 0 Å². The fourth-order valence-electron chi connectivity index (χ4n) is 1.21. The minimum atomic E-state index is -0.291. The van der Waals surface area contributed by atoms with Gasteiger partial charge in [0.05, 0.1) is 6.61 Å². The lowest BCUT2D eigenvalue weighted by Crippen LogP contribution is -2.49. The molecule has 1 aliphatic rings. The number of nitrogens with one attached hydrogen (secondary N) is 1. The summed E-state index contributed by atoms with van der Waals surface area (Å²) in [7, 11) is 1.81. The zero-order chi connectivity index (χ0) is 9.84. The van der Waals surface area contributed by atoms with Crippen molar-refractivity contribution in [3.8, 4) is 0 Å². The number of halogens is 1. The van der Waals surface area contributed by atoms with Gasteiger partial charge in [-0.2, -0.15) is 0 Å². The van der Waals surface area contributed by atoms with Crippen LogP contribution in [0.5, 0.6) is 0 Å². The summed E-state index contributed by atoms with van der Waals surface area (Å²) in [6.07, 6.45) is -0.291. The Morgan fingerprint density at radius 1 is 1.57 bits per heavy atom. The normalized spacial score (nSPS) is 21.6. The molecule has 0 aromatic rings. The van der Waals surface area contributed by atoms with E-state index in [-0.39, 0.29) is 30.5 Å². The number of morpholine rings is 1. The van der Waals surface area contributed by atoms with Gasteiger partial charge in [-0.05, 0) is 13.8 Å². The fraction of sp³-hybridized carbons (Fsp3) is 0.889. The average Bonchev–Trinajstić information content (AvgIpc) is 2.17. The zero-order valence-electron chi connectivity index (χ0n) is 8.95. The molecule has 1 heterocycles. The number of carbonyl (C=O) groups is 1. The third-order valence-corrected chi connectivity index (χ3v) is 2.33. The Balaban J connectivity index is 0.00000169. The molecular weight excluding hydrogens is 204 g/mol. The van der Waals surface area contributed by atoms with Gasteiger partial charge in [-0.3, -0.25) is 4.79 Å². The molecule has 0 aromatic carbocycles. The van der Waals surface area contributed by atoms with Gasteiger partial charge in [0, 0.05) is 26.2 Å². The van der Waals surface area contributed by atoms with Gasteiger partial charge < -0.3 is 15.0 Å². The summed E-state index contributed by atoms with van der Waals surface area (Å²) < 4.78 is 5.36. The van der Waals surface area contributed by atoms with Gasteiger partial charge in [-0.15, -0.1) is 12.4 Å². The van der Waals surface area contributed by atoms with Crippen molar-refractivity contribution >= 4 is 18.3 Å². The van der Waals surface area contributed by atoms with Crippen molar-refractivity contribution in [1.82, 2.24) is 10.2 Å². The number of nitrogens with zero attached hydrogens (tertiary/aromatic N) is 1. The molecule has 0 saturated carbocycles. The van der Waals surface area contributed by atoms with E-state index in [0.29, 0.717) is 13.2 Å². The van der Waals surface area contributed by atoms with Crippen LogP contribution in [-0.2, 0) is 9.53 Å². The van der Waals surface area contributed by atoms with Gasteiger partial charge >= 0.3 is 0 Å². The SMILES string of the molecule is CC(C)N(C)C(=O)[C@H]1CNCCO1.Cl. The summed E-state index contributed by atoms with van der Waals surface area (Å²) in [6, 6.07) is 0.234. The van der Waals surface area contributed by atoms with E-state index in [4.69, 9.17) is 4.74 Å². The lowest BCUT2D eigenvalue weighted by molar-refractivity contribution is -0.145. The van der Waals surface area contributed by atoms with Crippen molar-refractivity contribution in [1.29, 1.82) is 0 Å². The van der Waals surface area contributed by atoms with E-state index in [2.05, 4.69) is 5.32 Å². The highest BCUT2D eigenvalue weighted by atomic mass is 35.5. The minimum absolute atomic E-state index is 0. The molecule has 1 amide bonds. The number of amides is 1. The Morgan fingerprint density at radius 2 is 2.21 bits per heavy atom. The Kier molecular flexibility index (Phi) is 6.08. The first kappa shape index (κ1) is 13.7. The summed E-state index contributed by atoms with van der Waals surface area (Å²) in [5.41, 5.74) is 0. The molecule has 0 spiro atoms. The standard InChI is InChI=1S/C9H18N2O2.ClH/c1-7(2)11(3)9(12)8-6-10-4-5-13-8;/h7-8,10H,4-6H2,1-3H3;1H/t8-;/m1./s1. The van der Waals surface area contributed by atoms with E-state index >= 15 is 0 Å². The Bertz CT molecular complexity index is 182. The average molecular weight is 223 g/mol. The van der Waals surface area contributed by atoms with Crippen molar-refractivity contribution in [3.63, 3.8) is 0 Å². The van der Waals surface area contributed by atoms with Crippen LogP contribution >= 0.6 is 12.4 Å². The van der Waals surface area contributed by atoms with Gasteiger partial charge in [-0.25, -0.2) is 0 Å². The van der Waals surface area contributed by atoms with Crippen LogP contribution in [0.3, 0.4) is 0 Å². The molecule has 1 saturated heterocycles. The fourth-order valence-corrected chi connectivity index (χ4v) is 1.21. The molecule has 1 aliphatic heterocycles. The molecule has 1 fully saturated rings. The molecule has 0 bridgehead atoms. The van der Waals surface area contributed by atoms with Crippen molar-refractivity contribution in [2.24, 2.45) is 0 Å². The third-order valence-electron chi connectivity index (χ3n) is 2.33. The van der Waals surface area contributed by atoms with Crippen LogP contribution in [0.1, 0.15) is 13.8 Å². The van der Waals surface area contributed by atoms with Gasteiger partial charge in [0.25, 0.3) is 5.91 Å². The maximum Gasteiger partial charge on any atom is 0.253 e. The van der Waals surface area contributed by atoms with Crippen molar-refractivity contribution in [2.45, 2.75) is 26.0 Å². The number of hydrogen-bond donors (Lipinski definition) is 1. The number of ether oxygens (including phenoxy) is 1. The topological polar surface area (TPSA) is 41.6 Å². The minimum Gasteiger partial charge on any atom is -0.366 e. The molecule has 0 aliphatic carbocycles. The van der Waals surface area contributed by atoms with E-state index in [9.17, 15) is 4.79 Å². The molecule has 4 nitrogen and oxygen atoms in total. The smallest absolute Gasteiger partial charge is 0.253 e. The maximum atomic E-state index is 11.7. The first-order valence-corrected chi connectivity index (χ1v) is 4.72. The summed E-state index contributed by atoms with van der Waals surface area (Å²) in [5, 5.41) is 3.14. The third kappa shape index (κ3) is 3.44. The predicted octanol–water partition coefficient (Wildman–Crippen LogP) is 0.263. The summed E-state index contributed by atoms with van der Waals surface area (Å²) in [4.78, 5) is 13.4. The van der Waals surface area contributed by atoms with E-state index in [0.717, 1.165) is 6.54 Å². The molecule has 1 atom stereocenters. The van der Waals surface area contributed by atoms with Crippen molar-refractivity contribution < 1.29 is 9.53 Å². The second kappa shape index (κ2) is 6.22. The van der Waals surface area contributed by atoms with Crippen LogP contribution in [0, 0.1) is 0 Å². The monoisotopic (exact) mass is 222 g/mol. The van der Waals surface area contributed by atoms with E-state index in [1.54, 1.807) is 4.90 Å². The zero-order valence-corrected chi connectivity index (χ0v) is 9.76. The Hall–Kier alpha value is -0.320. The predicted molar refractivity (Wildman–Crippen MR) is 57.8 cm³/mol. The van der Waals surface area contributed by atoms with Crippen LogP contribution in [0.15, 0.2) is 0 Å². The highest BCUT2D eigenvalue weighted by molar-refractivity contribution is 5.85. The van der Waals surface area contributed by atoms with E-state index in [1.807, 2.05) is 20.9 Å². The number of rotatable bonds is 2. The lowest BCUT2D eigenvalue weighted by Gasteiger charge is -2.29. The molecule has 0 radical (unpaired) electrons. The summed E-state index contributed by atoms with van der Waals surface area (Å²) in [6.45, 7) is 6.09. The van der Waals surface area contributed by atoms with Crippen molar-refractivity contribution in [3.05, 3.63) is 0 Å². The molecule has 0 unspecified atom stereocenters. The molecule has 1 rings (SSSR count). The summed E-state index contributed by atoms with van der Waals surface area (Å²) in [5.74, 6) is 0.0715. The van der Waals surface area contributed by atoms with Crippen LogP contribution < -0.4 is 5.32 Å². The highest BCUT2D eigenvalue weighted by Gasteiger charge is 2.25. The quantitative estimate of drug-likeness (QED) is 0.729. The highest BCUT2D eigenvalue weighted by Crippen LogP contribution is 2.03. The molecule has 5 heteroatoms. The molecule has 1 N–H and O–H groups in total. The molecule has 84 valence electrons. The maximum absolute atomic E-state index is 11.7. The largest absolute Gasteiger partial charge is 0.366 e. The first-order valence-electron chi connectivity index (χ1n) is 4.72. The van der Waals surface area contributed by atoms with Crippen LogP contribution in [0.25, 0.3) is 0 Å². The van der Waals surface area contributed by atoms with Crippen molar-refractivity contribution in [2.75, 3.05) is 26.7 Å². The second-order valence-electron chi connectivity index (χ2n) is 3.61. The summed E-state index contributed by atoms with van der Waals surface area (Å²) >= 11 is 0. The van der Waals surface area contributed by atoms with Gasteiger partial charge in [0.2, 0.25) is 0 Å². The van der Waals surface area contributed by atoms with E-state index < -0.39 is 0 Å². The number of hydrogen-bond acceptors (Lipinski definition) is 3. The Morgan fingerprint density at radius 3 is 2.64 bits per heavy atom. The lowest BCUT2D eigenvalue weighted by atomic mass is 10.2.